The number of sulfonamides is 1. The largest absolute Gasteiger partial charge is 0.364 e. The molecule has 1 heterocycles. The molecule has 114 valence electrons. The number of hydrogen-bond acceptors (Lipinski definition) is 2. The Morgan fingerprint density at radius 3 is 2.19 bits per heavy atom. The van der Waals surface area contributed by atoms with Gasteiger partial charge in [-0.1, -0.05) is 46.4 Å². The van der Waals surface area contributed by atoms with E-state index in [1.807, 2.05) is 0 Å². The van der Waals surface area contributed by atoms with Crippen molar-refractivity contribution in [2.75, 3.05) is 0 Å². The number of aromatic amines is 1. The lowest BCUT2D eigenvalue weighted by Crippen LogP contribution is -2.36. The van der Waals surface area contributed by atoms with Gasteiger partial charge in [-0.05, 0) is 36.4 Å². The molecule has 1 aromatic carbocycles. The fraction of sp³-hybridized carbons (Fsp3) is 0.167. The molecule has 0 aliphatic rings. The molecule has 1 atom stereocenters. The number of aromatic nitrogens is 1. The van der Waals surface area contributed by atoms with Crippen molar-refractivity contribution in [1.82, 2.24) is 9.71 Å². The SMILES string of the molecule is O=S(=O)(NC(c1ccc[nH]1)C(Cl)(Cl)Cl)c1ccc(Cl)cc1. The van der Waals surface area contributed by atoms with Crippen molar-refractivity contribution in [2.24, 2.45) is 0 Å². The van der Waals surface area contributed by atoms with E-state index in [0.29, 0.717) is 10.7 Å². The lowest BCUT2D eigenvalue weighted by Gasteiger charge is -2.24. The molecule has 0 bridgehead atoms. The van der Waals surface area contributed by atoms with Crippen LogP contribution in [0.25, 0.3) is 0 Å². The van der Waals surface area contributed by atoms with Gasteiger partial charge in [-0.15, -0.1) is 0 Å². The van der Waals surface area contributed by atoms with Crippen molar-refractivity contribution < 1.29 is 8.42 Å². The highest BCUT2D eigenvalue weighted by molar-refractivity contribution is 7.89. The predicted molar refractivity (Wildman–Crippen MR) is 85.6 cm³/mol. The summed E-state index contributed by atoms with van der Waals surface area (Å²) < 4.78 is 25.2. The van der Waals surface area contributed by atoms with E-state index in [-0.39, 0.29) is 4.90 Å². The summed E-state index contributed by atoms with van der Waals surface area (Å²) in [6, 6.07) is 7.92. The molecule has 0 fully saturated rings. The van der Waals surface area contributed by atoms with Crippen molar-refractivity contribution in [3.63, 3.8) is 0 Å². The highest BCUT2D eigenvalue weighted by Gasteiger charge is 2.38. The van der Waals surface area contributed by atoms with Gasteiger partial charge in [0, 0.05) is 16.9 Å². The van der Waals surface area contributed by atoms with Gasteiger partial charge >= 0.3 is 0 Å². The van der Waals surface area contributed by atoms with Gasteiger partial charge in [-0.3, -0.25) is 0 Å². The van der Waals surface area contributed by atoms with E-state index in [9.17, 15) is 8.42 Å². The molecule has 2 aromatic rings. The molecule has 0 saturated carbocycles. The number of hydrogen-bond donors (Lipinski definition) is 2. The molecule has 1 aromatic heterocycles. The maximum absolute atomic E-state index is 12.4. The summed E-state index contributed by atoms with van der Waals surface area (Å²) in [4.78, 5) is 2.85. The number of H-pyrrole nitrogens is 1. The molecule has 0 spiro atoms. The topological polar surface area (TPSA) is 62.0 Å². The summed E-state index contributed by atoms with van der Waals surface area (Å²) in [5.74, 6) is 0. The lowest BCUT2D eigenvalue weighted by molar-refractivity contribution is 0.555. The third kappa shape index (κ3) is 4.28. The Balaban J connectivity index is 2.34. The van der Waals surface area contributed by atoms with E-state index in [1.54, 1.807) is 18.3 Å². The average Bonchev–Trinajstić information content (AvgIpc) is 2.88. The Bertz CT molecular complexity index is 694. The minimum Gasteiger partial charge on any atom is -0.364 e. The number of halogens is 4. The van der Waals surface area contributed by atoms with Crippen LogP contribution in [0, 0.1) is 0 Å². The van der Waals surface area contributed by atoms with Crippen LogP contribution in [-0.2, 0) is 10.0 Å². The van der Waals surface area contributed by atoms with Gasteiger partial charge in [0.2, 0.25) is 13.8 Å². The number of alkyl halides is 3. The third-order valence-corrected chi connectivity index (χ3v) is 5.00. The van der Waals surface area contributed by atoms with Crippen molar-refractivity contribution in [2.45, 2.75) is 14.7 Å². The molecule has 2 rings (SSSR count). The van der Waals surface area contributed by atoms with E-state index >= 15 is 0 Å². The van der Waals surface area contributed by atoms with Crippen molar-refractivity contribution in [3.8, 4) is 0 Å². The minimum absolute atomic E-state index is 0.0257. The summed E-state index contributed by atoms with van der Waals surface area (Å²) in [5.41, 5.74) is 0.438. The zero-order valence-corrected chi connectivity index (χ0v) is 14.2. The first-order valence-electron chi connectivity index (χ1n) is 5.68. The summed E-state index contributed by atoms with van der Waals surface area (Å²) in [6.07, 6.45) is 1.61. The number of rotatable bonds is 4. The molecule has 0 amide bonds. The Hall–Kier alpha value is -0.430. The van der Waals surface area contributed by atoms with E-state index in [1.165, 1.54) is 24.3 Å². The molecule has 2 N–H and O–H groups in total. The fourth-order valence-corrected chi connectivity index (χ4v) is 3.75. The van der Waals surface area contributed by atoms with Crippen LogP contribution in [0.15, 0.2) is 47.5 Å². The number of benzene rings is 1. The van der Waals surface area contributed by atoms with Gasteiger partial charge in [0.15, 0.2) is 0 Å². The second-order valence-electron chi connectivity index (χ2n) is 4.18. The molecule has 9 heteroatoms. The van der Waals surface area contributed by atoms with Gasteiger partial charge < -0.3 is 4.98 Å². The first kappa shape index (κ1) is 16.9. The highest BCUT2D eigenvalue weighted by atomic mass is 35.6. The number of nitrogens with one attached hydrogen (secondary N) is 2. The minimum atomic E-state index is -3.87. The van der Waals surface area contributed by atoms with Gasteiger partial charge in [-0.25, -0.2) is 8.42 Å². The summed E-state index contributed by atoms with van der Waals surface area (Å²) in [5, 5.41) is 0.427. The third-order valence-electron chi connectivity index (χ3n) is 2.66. The smallest absolute Gasteiger partial charge is 0.241 e. The van der Waals surface area contributed by atoms with Crippen LogP contribution in [0.4, 0.5) is 0 Å². The van der Waals surface area contributed by atoms with Crippen LogP contribution in [0.5, 0.6) is 0 Å². The monoisotopic (exact) mass is 386 g/mol. The van der Waals surface area contributed by atoms with Crippen molar-refractivity contribution in [1.29, 1.82) is 0 Å². The lowest BCUT2D eigenvalue weighted by atomic mass is 10.2. The molecular weight excluding hydrogens is 378 g/mol. The van der Waals surface area contributed by atoms with E-state index in [4.69, 9.17) is 46.4 Å². The molecule has 21 heavy (non-hydrogen) atoms. The van der Waals surface area contributed by atoms with Gasteiger partial charge in [0.25, 0.3) is 0 Å². The quantitative estimate of drug-likeness (QED) is 0.777. The summed E-state index contributed by atoms with van der Waals surface area (Å²) in [7, 11) is -3.87. The normalized spacial score (nSPS) is 14.1. The first-order chi connectivity index (χ1) is 9.70. The Labute approximate surface area is 142 Å². The Morgan fingerprint density at radius 1 is 1.10 bits per heavy atom. The predicted octanol–water partition coefficient (Wildman–Crippen LogP) is 4.06. The van der Waals surface area contributed by atoms with Crippen LogP contribution >= 0.6 is 46.4 Å². The first-order valence-corrected chi connectivity index (χ1v) is 8.67. The van der Waals surface area contributed by atoms with Crippen LogP contribution in [0.3, 0.4) is 0 Å². The summed E-state index contributed by atoms with van der Waals surface area (Å²) in [6.45, 7) is 0. The standard InChI is InChI=1S/C12H10Cl4N2O2S/c13-8-3-5-9(6-4-8)21(19,20)18-11(12(14,15)16)10-2-1-7-17-10/h1-7,11,17-18H. The molecule has 0 aliphatic heterocycles. The van der Waals surface area contributed by atoms with Gasteiger partial charge in [0.1, 0.15) is 6.04 Å². The molecule has 0 aliphatic carbocycles. The molecule has 0 saturated heterocycles. The van der Waals surface area contributed by atoms with Crippen LogP contribution in [-0.4, -0.2) is 17.2 Å². The zero-order chi connectivity index (χ0) is 15.7. The average molecular weight is 388 g/mol. The van der Waals surface area contributed by atoms with Crippen LogP contribution in [0.1, 0.15) is 11.7 Å². The maximum atomic E-state index is 12.4. The van der Waals surface area contributed by atoms with Gasteiger partial charge in [0.05, 0.1) is 4.90 Å². The Kier molecular flexibility index (Phi) is 5.13. The highest BCUT2D eigenvalue weighted by Crippen LogP contribution is 2.40. The van der Waals surface area contributed by atoms with Crippen LogP contribution < -0.4 is 4.72 Å². The zero-order valence-electron chi connectivity index (χ0n) is 10.4. The Morgan fingerprint density at radius 2 is 1.71 bits per heavy atom. The summed E-state index contributed by atoms with van der Waals surface area (Å²) >= 11 is 23.4. The maximum Gasteiger partial charge on any atom is 0.241 e. The molecule has 0 radical (unpaired) electrons. The van der Waals surface area contributed by atoms with E-state index in [0.717, 1.165) is 0 Å². The van der Waals surface area contributed by atoms with E-state index in [2.05, 4.69) is 9.71 Å². The van der Waals surface area contributed by atoms with Crippen molar-refractivity contribution in [3.05, 3.63) is 53.3 Å². The van der Waals surface area contributed by atoms with Gasteiger partial charge in [-0.2, -0.15) is 4.72 Å². The molecular formula is C12H10Cl4N2O2S. The second kappa shape index (κ2) is 6.36. The molecule has 1 unspecified atom stereocenters. The van der Waals surface area contributed by atoms with Crippen molar-refractivity contribution >= 4 is 56.4 Å². The van der Waals surface area contributed by atoms with Crippen LogP contribution in [0.2, 0.25) is 5.02 Å². The second-order valence-corrected chi connectivity index (χ2v) is 8.69. The van der Waals surface area contributed by atoms with E-state index < -0.39 is 19.9 Å². The molecule has 4 nitrogen and oxygen atoms in total. The fourth-order valence-electron chi connectivity index (χ4n) is 1.67.